The quantitative estimate of drug-likeness (QED) is 0.643. The van der Waals surface area contributed by atoms with Crippen LogP contribution in [0.15, 0.2) is 24.3 Å². The summed E-state index contributed by atoms with van der Waals surface area (Å²) in [4.78, 5) is 12.1. The third-order valence-electron chi connectivity index (χ3n) is 2.70. The molecule has 2 N–H and O–H groups in total. The van der Waals surface area contributed by atoms with Crippen LogP contribution in [0, 0.1) is 0 Å². The Morgan fingerprint density at radius 3 is 2.70 bits per heavy atom. The molecule has 1 amide bonds. The molecule has 0 saturated heterocycles. The third-order valence-corrected chi connectivity index (χ3v) is 2.70. The number of hydrogen-bond acceptors (Lipinski definition) is 4. The van der Waals surface area contributed by atoms with E-state index in [1.807, 2.05) is 24.3 Å². The Balaban J connectivity index is 2.38. The number of hydrogen-bond donors (Lipinski definition) is 2. The second-order valence-electron chi connectivity index (χ2n) is 4.33. The van der Waals surface area contributed by atoms with Crippen LogP contribution in [0.3, 0.4) is 0 Å². The molecule has 0 bridgehead atoms. The Hall–Kier alpha value is -1.59. The molecule has 0 fully saturated rings. The van der Waals surface area contributed by atoms with Crippen molar-refractivity contribution in [1.82, 2.24) is 5.32 Å². The summed E-state index contributed by atoms with van der Waals surface area (Å²) >= 11 is 0. The number of anilines is 1. The molecule has 1 aromatic rings. The second-order valence-corrected chi connectivity index (χ2v) is 4.33. The van der Waals surface area contributed by atoms with Crippen molar-refractivity contribution in [2.45, 2.75) is 13.3 Å². The lowest BCUT2D eigenvalue weighted by Crippen LogP contribution is -2.28. The Labute approximate surface area is 120 Å². The van der Waals surface area contributed by atoms with E-state index in [0.29, 0.717) is 31.9 Å². The van der Waals surface area contributed by atoms with Crippen molar-refractivity contribution >= 4 is 11.6 Å². The van der Waals surface area contributed by atoms with Gasteiger partial charge in [0.05, 0.1) is 25.4 Å². The van der Waals surface area contributed by atoms with Gasteiger partial charge in [-0.1, -0.05) is 19.1 Å². The predicted molar refractivity (Wildman–Crippen MR) is 80.3 cm³/mol. The zero-order chi connectivity index (χ0) is 14.6. The summed E-state index contributed by atoms with van der Waals surface area (Å²) in [5.41, 5.74) is 1.53. The van der Waals surface area contributed by atoms with E-state index >= 15 is 0 Å². The smallest absolute Gasteiger partial charge is 0.253 e. The Morgan fingerprint density at radius 1 is 1.15 bits per heavy atom. The molecule has 0 unspecified atom stereocenters. The summed E-state index contributed by atoms with van der Waals surface area (Å²) in [6.45, 7) is 5.03. The number of carbonyl (C=O) groups is 1. The Morgan fingerprint density at radius 2 is 1.95 bits per heavy atom. The summed E-state index contributed by atoms with van der Waals surface area (Å²) in [6, 6.07) is 7.52. The van der Waals surface area contributed by atoms with Crippen molar-refractivity contribution < 1.29 is 14.3 Å². The zero-order valence-electron chi connectivity index (χ0n) is 12.3. The monoisotopic (exact) mass is 280 g/mol. The average Bonchev–Trinajstić information content (AvgIpc) is 2.48. The van der Waals surface area contributed by atoms with Crippen LogP contribution < -0.4 is 10.6 Å². The highest BCUT2D eigenvalue weighted by Gasteiger charge is 2.09. The van der Waals surface area contributed by atoms with Crippen LogP contribution >= 0.6 is 0 Å². The topological polar surface area (TPSA) is 59.6 Å². The Kier molecular flexibility index (Phi) is 8.42. The van der Waals surface area contributed by atoms with Crippen molar-refractivity contribution in [2.24, 2.45) is 0 Å². The minimum Gasteiger partial charge on any atom is -0.384 e. The van der Waals surface area contributed by atoms with E-state index in [0.717, 1.165) is 18.7 Å². The molecule has 20 heavy (non-hydrogen) atoms. The van der Waals surface area contributed by atoms with Gasteiger partial charge in [0.2, 0.25) is 0 Å². The number of rotatable bonds is 10. The molecule has 5 heteroatoms. The summed E-state index contributed by atoms with van der Waals surface area (Å²) in [6.07, 6.45) is 1.02. The fourth-order valence-electron chi connectivity index (χ4n) is 1.67. The first-order valence-electron chi connectivity index (χ1n) is 6.97. The fraction of sp³-hybridized carbons (Fsp3) is 0.533. The minimum atomic E-state index is -0.0838. The van der Waals surface area contributed by atoms with Gasteiger partial charge in [-0.15, -0.1) is 0 Å². The number of ether oxygens (including phenoxy) is 2. The lowest BCUT2D eigenvalue weighted by molar-refractivity contribution is 0.0693. The highest BCUT2D eigenvalue weighted by atomic mass is 16.5. The molecule has 0 atom stereocenters. The SMILES string of the molecule is CCCNc1ccccc1C(=O)NCCOCCOC. The summed E-state index contributed by atoms with van der Waals surface area (Å²) in [7, 11) is 1.63. The van der Waals surface area contributed by atoms with Crippen LogP contribution in [0.25, 0.3) is 0 Å². The predicted octanol–water partition coefficient (Wildman–Crippen LogP) is 1.90. The molecule has 0 spiro atoms. The van der Waals surface area contributed by atoms with E-state index in [2.05, 4.69) is 17.6 Å². The molecular formula is C15H24N2O3. The molecule has 5 nitrogen and oxygen atoms in total. The molecule has 0 saturated carbocycles. The fourth-order valence-corrected chi connectivity index (χ4v) is 1.67. The van der Waals surface area contributed by atoms with Crippen molar-refractivity contribution in [1.29, 1.82) is 0 Å². The van der Waals surface area contributed by atoms with Crippen LogP contribution in [0.1, 0.15) is 23.7 Å². The highest BCUT2D eigenvalue weighted by Crippen LogP contribution is 2.14. The van der Waals surface area contributed by atoms with Gasteiger partial charge in [0, 0.05) is 25.9 Å². The van der Waals surface area contributed by atoms with Gasteiger partial charge in [-0.05, 0) is 18.6 Å². The van der Waals surface area contributed by atoms with E-state index < -0.39 is 0 Å². The maximum absolute atomic E-state index is 12.1. The zero-order valence-corrected chi connectivity index (χ0v) is 12.3. The van der Waals surface area contributed by atoms with Crippen LogP contribution in [-0.2, 0) is 9.47 Å². The maximum Gasteiger partial charge on any atom is 0.253 e. The van der Waals surface area contributed by atoms with Gasteiger partial charge >= 0.3 is 0 Å². The van der Waals surface area contributed by atoms with Crippen molar-refractivity contribution in [2.75, 3.05) is 45.3 Å². The first-order chi connectivity index (χ1) is 9.79. The molecule has 0 aliphatic heterocycles. The van der Waals surface area contributed by atoms with Crippen LogP contribution in [0.4, 0.5) is 5.69 Å². The lowest BCUT2D eigenvalue weighted by atomic mass is 10.1. The van der Waals surface area contributed by atoms with Gasteiger partial charge in [-0.3, -0.25) is 4.79 Å². The van der Waals surface area contributed by atoms with E-state index in [9.17, 15) is 4.79 Å². The van der Waals surface area contributed by atoms with Crippen molar-refractivity contribution in [3.05, 3.63) is 29.8 Å². The van der Waals surface area contributed by atoms with Crippen LogP contribution in [0.5, 0.6) is 0 Å². The summed E-state index contributed by atoms with van der Waals surface area (Å²) < 4.78 is 10.2. The third kappa shape index (κ3) is 6.04. The summed E-state index contributed by atoms with van der Waals surface area (Å²) in [5.74, 6) is -0.0838. The van der Waals surface area contributed by atoms with Gasteiger partial charge in [0.1, 0.15) is 0 Å². The molecular weight excluding hydrogens is 256 g/mol. The lowest BCUT2D eigenvalue weighted by Gasteiger charge is -2.11. The number of carbonyl (C=O) groups excluding carboxylic acids is 1. The normalized spacial score (nSPS) is 10.3. The minimum absolute atomic E-state index is 0.0838. The number of methoxy groups -OCH3 is 1. The Bertz CT molecular complexity index is 396. The molecule has 0 aromatic heterocycles. The van der Waals surface area contributed by atoms with Gasteiger partial charge in [0.25, 0.3) is 5.91 Å². The van der Waals surface area contributed by atoms with E-state index in [-0.39, 0.29) is 5.91 Å². The molecule has 1 rings (SSSR count). The molecule has 0 aliphatic carbocycles. The van der Waals surface area contributed by atoms with E-state index in [1.165, 1.54) is 0 Å². The van der Waals surface area contributed by atoms with Gasteiger partial charge in [0.15, 0.2) is 0 Å². The number of para-hydroxylation sites is 1. The molecule has 0 aliphatic rings. The molecule has 0 heterocycles. The number of benzene rings is 1. The second kappa shape index (κ2) is 10.2. The molecule has 112 valence electrons. The number of amides is 1. The molecule has 0 radical (unpaired) electrons. The van der Waals surface area contributed by atoms with Crippen molar-refractivity contribution in [3.63, 3.8) is 0 Å². The van der Waals surface area contributed by atoms with Crippen LogP contribution in [0.2, 0.25) is 0 Å². The van der Waals surface area contributed by atoms with Gasteiger partial charge in [-0.2, -0.15) is 0 Å². The van der Waals surface area contributed by atoms with Gasteiger partial charge in [-0.25, -0.2) is 0 Å². The maximum atomic E-state index is 12.1. The summed E-state index contributed by atoms with van der Waals surface area (Å²) in [5, 5.41) is 6.10. The van der Waals surface area contributed by atoms with Crippen LogP contribution in [-0.4, -0.2) is 45.9 Å². The average molecular weight is 280 g/mol. The highest BCUT2D eigenvalue weighted by molar-refractivity contribution is 5.99. The van der Waals surface area contributed by atoms with Crippen molar-refractivity contribution in [3.8, 4) is 0 Å². The number of nitrogens with one attached hydrogen (secondary N) is 2. The largest absolute Gasteiger partial charge is 0.384 e. The van der Waals surface area contributed by atoms with Gasteiger partial charge < -0.3 is 20.1 Å². The first-order valence-corrected chi connectivity index (χ1v) is 6.97. The van der Waals surface area contributed by atoms with E-state index in [1.54, 1.807) is 7.11 Å². The first kappa shape index (κ1) is 16.5. The standard InChI is InChI=1S/C15H24N2O3/c1-3-8-16-14-7-5-4-6-13(14)15(18)17-9-10-20-12-11-19-2/h4-7,16H,3,8-12H2,1-2H3,(H,17,18). The molecule has 1 aromatic carbocycles. The van der Waals surface area contributed by atoms with E-state index in [4.69, 9.17) is 9.47 Å².